The fourth-order valence-electron chi connectivity index (χ4n) is 2.87. The zero-order chi connectivity index (χ0) is 17.5. The number of hydrogen-bond donors (Lipinski definition) is 2. The van der Waals surface area contributed by atoms with Crippen LogP contribution in [-0.4, -0.2) is 34.1 Å². The molecule has 1 atom stereocenters. The lowest BCUT2D eigenvalue weighted by molar-refractivity contribution is 0.0747. The van der Waals surface area contributed by atoms with Gasteiger partial charge in [-0.25, -0.2) is 13.2 Å². The molecule has 24 heavy (non-hydrogen) atoms. The first-order valence-electron chi connectivity index (χ1n) is 7.25. The second-order valence-corrected chi connectivity index (χ2v) is 5.80. The smallest absolute Gasteiger partial charge is 0.257 e. The van der Waals surface area contributed by atoms with Crippen molar-refractivity contribution in [1.82, 2.24) is 4.90 Å². The van der Waals surface area contributed by atoms with Gasteiger partial charge in [0.25, 0.3) is 5.91 Å². The highest BCUT2D eigenvalue weighted by Gasteiger charge is 2.42. The SMILES string of the molecule is O=C(c1ccc(O)cc1O)N1CC[C@](F)(c2cc(F)cc(F)c2)C1. The number of phenols is 2. The van der Waals surface area contributed by atoms with Crippen LogP contribution in [0.1, 0.15) is 22.3 Å². The van der Waals surface area contributed by atoms with E-state index in [9.17, 15) is 23.8 Å². The molecule has 2 N–H and O–H groups in total. The van der Waals surface area contributed by atoms with Crippen LogP contribution in [0.25, 0.3) is 0 Å². The van der Waals surface area contributed by atoms with E-state index >= 15 is 4.39 Å². The molecule has 1 amide bonds. The molecule has 0 aromatic heterocycles. The van der Waals surface area contributed by atoms with E-state index in [1.165, 1.54) is 12.1 Å². The average molecular weight is 337 g/mol. The van der Waals surface area contributed by atoms with E-state index in [0.29, 0.717) is 6.07 Å². The van der Waals surface area contributed by atoms with Gasteiger partial charge in [0.2, 0.25) is 0 Å². The van der Waals surface area contributed by atoms with Crippen molar-refractivity contribution in [3.63, 3.8) is 0 Å². The maximum atomic E-state index is 15.1. The molecule has 7 heteroatoms. The van der Waals surface area contributed by atoms with Crippen LogP contribution >= 0.6 is 0 Å². The van der Waals surface area contributed by atoms with Gasteiger partial charge in [0.1, 0.15) is 23.1 Å². The van der Waals surface area contributed by atoms with Crippen LogP contribution in [-0.2, 0) is 5.67 Å². The number of hydrogen-bond acceptors (Lipinski definition) is 3. The molecular weight excluding hydrogens is 323 g/mol. The Morgan fingerprint density at radius 2 is 1.75 bits per heavy atom. The van der Waals surface area contributed by atoms with Gasteiger partial charge in [-0.3, -0.25) is 4.79 Å². The standard InChI is InChI=1S/C17H14F3NO3/c18-11-5-10(6-12(19)7-11)17(20)3-4-21(9-17)16(24)14-2-1-13(22)8-15(14)23/h1-2,5-8,22-23H,3-4,9H2/t17-/m1/s1. The zero-order valence-electron chi connectivity index (χ0n) is 12.5. The van der Waals surface area contributed by atoms with E-state index in [2.05, 4.69) is 0 Å². The van der Waals surface area contributed by atoms with E-state index in [1.54, 1.807) is 0 Å². The number of likely N-dealkylation sites (tertiary alicyclic amines) is 1. The van der Waals surface area contributed by atoms with Gasteiger partial charge in [0.15, 0.2) is 5.67 Å². The largest absolute Gasteiger partial charge is 0.508 e. The Morgan fingerprint density at radius 1 is 1.08 bits per heavy atom. The summed E-state index contributed by atoms with van der Waals surface area (Å²) < 4.78 is 41.7. The molecule has 1 aliphatic rings. The predicted molar refractivity (Wildman–Crippen MR) is 79.4 cm³/mol. The fourth-order valence-corrected chi connectivity index (χ4v) is 2.87. The molecule has 0 radical (unpaired) electrons. The maximum Gasteiger partial charge on any atom is 0.257 e. The lowest BCUT2D eigenvalue weighted by Crippen LogP contribution is -2.32. The highest BCUT2D eigenvalue weighted by atomic mass is 19.1. The fraction of sp³-hybridized carbons (Fsp3) is 0.235. The highest BCUT2D eigenvalue weighted by Crippen LogP contribution is 2.38. The van der Waals surface area contributed by atoms with Gasteiger partial charge >= 0.3 is 0 Å². The number of benzene rings is 2. The van der Waals surface area contributed by atoms with Gasteiger partial charge in [0, 0.05) is 25.1 Å². The van der Waals surface area contributed by atoms with Crippen molar-refractivity contribution in [3.05, 3.63) is 59.2 Å². The summed E-state index contributed by atoms with van der Waals surface area (Å²) in [4.78, 5) is 13.6. The first-order valence-corrected chi connectivity index (χ1v) is 7.25. The number of carbonyl (C=O) groups excluding carboxylic acids is 1. The van der Waals surface area contributed by atoms with Gasteiger partial charge in [0.05, 0.1) is 12.1 Å². The van der Waals surface area contributed by atoms with Gasteiger partial charge in [-0.05, 0) is 29.8 Å². The molecule has 3 rings (SSSR count). The van der Waals surface area contributed by atoms with Crippen LogP contribution in [0.4, 0.5) is 13.2 Å². The molecule has 4 nitrogen and oxygen atoms in total. The Hall–Kier alpha value is -2.70. The zero-order valence-corrected chi connectivity index (χ0v) is 12.5. The van der Waals surface area contributed by atoms with E-state index in [1.807, 2.05) is 0 Å². The summed E-state index contributed by atoms with van der Waals surface area (Å²) >= 11 is 0. The van der Waals surface area contributed by atoms with Crippen molar-refractivity contribution in [2.24, 2.45) is 0 Å². The Labute approximate surface area is 135 Å². The Balaban J connectivity index is 1.85. The summed E-state index contributed by atoms with van der Waals surface area (Å²) in [5.74, 6) is -3.02. The lowest BCUT2D eigenvalue weighted by atomic mass is 9.95. The minimum atomic E-state index is -2.06. The number of aromatic hydroxyl groups is 2. The summed E-state index contributed by atoms with van der Waals surface area (Å²) in [6, 6.07) is 5.94. The van der Waals surface area contributed by atoms with Gasteiger partial charge < -0.3 is 15.1 Å². The molecule has 1 heterocycles. The maximum absolute atomic E-state index is 15.1. The summed E-state index contributed by atoms with van der Waals surface area (Å²) in [6.07, 6.45) is -0.111. The third-order valence-electron chi connectivity index (χ3n) is 4.10. The minimum absolute atomic E-state index is 0.0355. The molecule has 0 spiro atoms. The van der Waals surface area contributed by atoms with Crippen LogP contribution < -0.4 is 0 Å². The predicted octanol–water partition coefficient (Wildman–Crippen LogP) is 3.09. The van der Waals surface area contributed by atoms with E-state index in [0.717, 1.165) is 23.1 Å². The second-order valence-electron chi connectivity index (χ2n) is 5.80. The van der Waals surface area contributed by atoms with Crippen LogP contribution in [0.3, 0.4) is 0 Å². The first kappa shape index (κ1) is 16.2. The first-order chi connectivity index (χ1) is 11.3. The molecule has 0 unspecified atom stereocenters. The molecule has 2 aromatic rings. The quantitative estimate of drug-likeness (QED) is 0.885. The van der Waals surface area contributed by atoms with Crippen molar-refractivity contribution in [2.45, 2.75) is 12.1 Å². The second kappa shape index (κ2) is 5.74. The Morgan fingerprint density at radius 3 is 2.38 bits per heavy atom. The Bertz CT molecular complexity index is 791. The van der Waals surface area contributed by atoms with E-state index in [-0.39, 0.29) is 36.4 Å². The van der Waals surface area contributed by atoms with Crippen molar-refractivity contribution in [1.29, 1.82) is 0 Å². The number of amides is 1. The number of rotatable bonds is 2. The van der Waals surface area contributed by atoms with Crippen molar-refractivity contribution >= 4 is 5.91 Å². The van der Waals surface area contributed by atoms with Crippen molar-refractivity contribution in [2.75, 3.05) is 13.1 Å². The normalized spacial score (nSPS) is 20.4. The third-order valence-corrected chi connectivity index (χ3v) is 4.10. The number of carbonyl (C=O) groups is 1. The van der Waals surface area contributed by atoms with E-state index in [4.69, 9.17) is 0 Å². The highest BCUT2D eigenvalue weighted by molar-refractivity contribution is 5.97. The minimum Gasteiger partial charge on any atom is -0.508 e. The van der Waals surface area contributed by atoms with E-state index < -0.39 is 29.0 Å². The number of nitrogens with zero attached hydrogens (tertiary/aromatic N) is 1. The number of phenolic OH excluding ortho intramolecular Hbond substituents is 2. The molecule has 0 aliphatic carbocycles. The van der Waals surface area contributed by atoms with Crippen molar-refractivity contribution < 1.29 is 28.2 Å². The molecule has 0 bridgehead atoms. The molecule has 126 valence electrons. The number of halogens is 3. The number of alkyl halides is 1. The summed E-state index contributed by atoms with van der Waals surface area (Å²) in [5.41, 5.74) is -2.31. The van der Waals surface area contributed by atoms with Crippen LogP contribution in [0, 0.1) is 11.6 Å². The molecule has 2 aromatic carbocycles. The average Bonchev–Trinajstić information content (AvgIpc) is 2.90. The summed E-state index contributed by atoms with van der Waals surface area (Å²) in [6.45, 7) is -0.344. The van der Waals surface area contributed by atoms with Gasteiger partial charge in [-0.15, -0.1) is 0 Å². The van der Waals surface area contributed by atoms with Crippen LogP contribution in [0.2, 0.25) is 0 Å². The Kier molecular flexibility index (Phi) is 3.87. The van der Waals surface area contributed by atoms with Crippen LogP contribution in [0.5, 0.6) is 11.5 Å². The summed E-state index contributed by atoms with van der Waals surface area (Å²) in [7, 11) is 0. The molecular formula is C17H14F3NO3. The summed E-state index contributed by atoms with van der Waals surface area (Å²) in [5, 5.41) is 19.0. The molecule has 0 saturated carbocycles. The third kappa shape index (κ3) is 2.89. The van der Waals surface area contributed by atoms with Gasteiger partial charge in [-0.1, -0.05) is 0 Å². The topological polar surface area (TPSA) is 60.8 Å². The molecule has 1 fully saturated rings. The van der Waals surface area contributed by atoms with Crippen LogP contribution in [0.15, 0.2) is 36.4 Å². The van der Waals surface area contributed by atoms with Crippen molar-refractivity contribution in [3.8, 4) is 11.5 Å². The molecule has 1 aliphatic heterocycles. The molecule has 1 saturated heterocycles. The van der Waals surface area contributed by atoms with Gasteiger partial charge in [-0.2, -0.15) is 0 Å². The monoisotopic (exact) mass is 337 g/mol. The lowest BCUT2D eigenvalue weighted by Gasteiger charge is -2.22.